The van der Waals surface area contributed by atoms with Crippen LogP contribution in [0.1, 0.15) is 37.5 Å². The first-order valence-corrected chi connectivity index (χ1v) is 14.4. The number of carbonyl (C=O) groups is 1. The van der Waals surface area contributed by atoms with Crippen molar-refractivity contribution in [1.29, 1.82) is 0 Å². The van der Waals surface area contributed by atoms with Gasteiger partial charge in [0.15, 0.2) is 0 Å². The van der Waals surface area contributed by atoms with E-state index in [9.17, 15) is 18.3 Å². The number of hydrogen-bond acceptors (Lipinski definition) is 6. The summed E-state index contributed by atoms with van der Waals surface area (Å²) >= 11 is 0. The Morgan fingerprint density at radius 2 is 1.77 bits per heavy atom. The second kappa shape index (κ2) is 12.5. The predicted molar refractivity (Wildman–Crippen MR) is 154 cm³/mol. The predicted octanol–water partition coefficient (Wildman–Crippen LogP) is 4.47. The van der Waals surface area contributed by atoms with E-state index in [0.717, 1.165) is 23.2 Å². The molecule has 0 fully saturated rings. The zero-order chi connectivity index (χ0) is 28.8. The third-order valence-electron chi connectivity index (χ3n) is 6.56. The fraction of sp³-hybridized carbons (Fsp3) is 0.267. The van der Waals surface area contributed by atoms with Gasteiger partial charge in [0.05, 0.1) is 29.4 Å². The molecule has 3 aromatic carbocycles. The molecule has 0 aliphatic heterocycles. The minimum atomic E-state index is -3.73. The highest BCUT2D eigenvalue weighted by Gasteiger charge is 2.20. The molecule has 1 unspecified atom stereocenters. The number of aromatic nitrogens is 2. The van der Waals surface area contributed by atoms with E-state index in [1.54, 1.807) is 54.9 Å². The van der Waals surface area contributed by atoms with E-state index in [2.05, 4.69) is 28.9 Å². The van der Waals surface area contributed by atoms with Gasteiger partial charge in [-0.3, -0.25) is 9.52 Å². The molecule has 4 rings (SSSR count). The maximum Gasteiger partial charge on any atom is 0.307 e. The average Bonchev–Trinajstić information content (AvgIpc) is 3.40. The zero-order valence-corrected chi connectivity index (χ0v) is 23.3. The Balaban J connectivity index is 1.31. The van der Waals surface area contributed by atoms with E-state index in [-0.39, 0.29) is 23.4 Å². The molecular formula is C30H34N4O5S. The number of aliphatic hydroxyl groups is 1. The van der Waals surface area contributed by atoms with Crippen molar-refractivity contribution >= 4 is 21.7 Å². The molecular weight excluding hydrogens is 528 g/mol. The lowest BCUT2D eigenvalue weighted by molar-refractivity contribution is -0.136. The van der Waals surface area contributed by atoms with Crippen molar-refractivity contribution < 1.29 is 23.4 Å². The van der Waals surface area contributed by atoms with Gasteiger partial charge in [-0.2, -0.15) is 0 Å². The summed E-state index contributed by atoms with van der Waals surface area (Å²) < 4.78 is 29.9. The van der Waals surface area contributed by atoms with Crippen molar-refractivity contribution in [2.75, 3.05) is 11.3 Å². The van der Waals surface area contributed by atoms with E-state index in [1.165, 1.54) is 12.1 Å². The van der Waals surface area contributed by atoms with Crippen molar-refractivity contribution in [3.63, 3.8) is 0 Å². The molecule has 0 bridgehead atoms. The Hall–Kier alpha value is -3.99. The molecule has 0 saturated heterocycles. The largest absolute Gasteiger partial charge is 0.481 e. The minimum absolute atomic E-state index is 0.0339. The molecule has 210 valence electrons. The molecule has 0 amide bonds. The second-order valence-corrected chi connectivity index (χ2v) is 12.0. The van der Waals surface area contributed by atoms with Crippen LogP contribution in [0, 0.1) is 0 Å². The topological polar surface area (TPSA) is 134 Å². The van der Waals surface area contributed by atoms with Gasteiger partial charge in [0.1, 0.15) is 0 Å². The first-order valence-electron chi connectivity index (χ1n) is 12.9. The van der Waals surface area contributed by atoms with E-state index in [0.29, 0.717) is 17.8 Å². The summed E-state index contributed by atoms with van der Waals surface area (Å²) in [6.07, 6.45) is 3.58. The number of hydrogen-bond donors (Lipinski definition) is 4. The normalized spacial score (nSPS) is 12.7. The molecule has 40 heavy (non-hydrogen) atoms. The quantitative estimate of drug-likeness (QED) is 0.189. The smallest absolute Gasteiger partial charge is 0.307 e. The summed E-state index contributed by atoms with van der Waals surface area (Å²) in [4.78, 5) is 15.7. The Morgan fingerprint density at radius 1 is 1.02 bits per heavy atom. The van der Waals surface area contributed by atoms with E-state index >= 15 is 0 Å². The van der Waals surface area contributed by atoms with E-state index < -0.39 is 22.1 Å². The van der Waals surface area contributed by atoms with Crippen LogP contribution in [0.15, 0.2) is 96.3 Å². The molecule has 9 nitrogen and oxygen atoms in total. The summed E-state index contributed by atoms with van der Waals surface area (Å²) in [5.41, 5.74) is 3.04. The average molecular weight is 563 g/mol. The van der Waals surface area contributed by atoms with Gasteiger partial charge in [-0.25, -0.2) is 13.4 Å². The Kier molecular flexibility index (Phi) is 9.03. The molecule has 10 heteroatoms. The number of rotatable bonds is 13. The van der Waals surface area contributed by atoms with Crippen molar-refractivity contribution in [2.24, 2.45) is 0 Å². The van der Waals surface area contributed by atoms with Crippen LogP contribution in [0.4, 0.5) is 5.69 Å². The maximum atomic E-state index is 12.7. The molecule has 0 spiro atoms. The highest BCUT2D eigenvalue weighted by atomic mass is 32.2. The highest BCUT2D eigenvalue weighted by molar-refractivity contribution is 7.92. The van der Waals surface area contributed by atoms with Gasteiger partial charge in [-0.15, -0.1) is 0 Å². The summed E-state index contributed by atoms with van der Waals surface area (Å²) in [6.45, 7) is 5.08. The van der Waals surface area contributed by atoms with Crippen LogP contribution in [0.3, 0.4) is 0 Å². The van der Waals surface area contributed by atoms with Crippen LogP contribution in [0.25, 0.3) is 11.3 Å². The number of β-amino-alcohol motifs (C(OH)–C–C–N with tert-alkyl or cyclic N) is 1. The van der Waals surface area contributed by atoms with Crippen LogP contribution < -0.4 is 10.0 Å². The highest BCUT2D eigenvalue weighted by Crippen LogP contribution is 2.23. The number of anilines is 1. The van der Waals surface area contributed by atoms with Gasteiger partial charge >= 0.3 is 5.97 Å². The molecule has 1 aromatic heterocycles. The molecule has 1 heterocycles. The second-order valence-electron chi connectivity index (χ2n) is 10.3. The van der Waals surface area contributed by atoms with Crippen molar-refractivity contribution in [1.82, 2.24) is 14.9 Å². The molecule has 0 saturated carbocycles. The summed E-state index contributed by atoms with van der Waals surface area (Å²) in [5, 5.41) is 23.3. The van der Waals surface area contributed by atoms with Crippen LogP contribution in [-0.2, 0) is 27.8 Å². The molecule has 0 radical (unpaired) electrons. The molecule has 0 aliphatic rings. The first-order chi connectivity index (χ1) is 19.0. The lowest BCUT2D eigenvalue weighted by atomic mass is 9.99. The number of aliphatic hydroxyl groups excluding tert-OH is 1. The minimum Gasteiger partial charge on any atom is -0.481 e. The molecule has 0 aliphatic carbocycles. The number of nitrogens with zero attached hydrogens (tertiary/aromatic N) is 2. The monoisotopic (exact) mass is 562 g/mol. The fourth-order valence-electron chi connectivity index (χ4n) is 4.26. The standard InChI is InChI=1S/C30H34N4O5S/c1-30(2,14-15-34-20-27(31-21-34)23-9-6-8-22(16-23)17-29(36)37)32-19-28(35)24-10-7-11-25(18-24)33-40(38,39)26-12-4-3-5-13-26/h3-13,16,18,20-21,28,32-33,35H,14-15,17,19H2,1-2H3,(H,36,37). The zero-order valence-electron chi connectivity index (χ0n) is 22.5. The van der Waals surface area contributed by atoms with E-state index in [4.69, 9.17) is 5.11 Å². The number of benzene rings is 3. The molecule has 4 N–H and O–H groups in total. The van der Waals surface area contributed by atoms with Crippen molar-refractivity contribution in [3.05, 3.63) is 103 Å². The van der Waals surface area contributed by atoms with Crippen molar-refractivity contribution in [3.8, 4) is 11.3 Å². The third-order valence-corrected chi connectivity index (χ3v) is 7.95. The van der Waals surface area contributed by atoms with Crippen LogP contribution >= 0.6 is 0 Å². The first kappa shape index (κ1) is 29.0. The number of carboxylic acid groups (broad SMARTS) is 1. The van der Waals surface area contributed by atoms with Gasteiger partial charge in [-0.05, 0) is 61.7 Å². The van der Waals surface area contributed by atoms with Gasteiger partial charge in [0.2, 0.25) is 0 Å². The van der Waals surface area contributed by atoms with Gasteiger partial charge in [-0.1, -0.05) is 48.5 Å². The van der Waals surface area contributed by atoms with Crippen molar-refractivity contribution in [2.45, 2.75) is 49.8 Å². The van der Waals surface area contributed by atoms with Crippen LogP contribution in [-0.4, -0.2) is 46.2 Å². The third kappa shape index (κ3) is 8.01. The molecule has 1 atom stereocenters. The van der Waals surface area contributed by atoms with Crippen LogP contribution in [0.5, 0.6) is 0 Å². The summed E-state index contributed by atoms with van der Waals surface area (Å²) in [5.74, 6) is -0.872. The fourth-order valence-corrected chi connectivity index (χ4v) is 5.33. The summed E-state index contributed by atoms with van der Waals surface area (Å²) in [6, 6.07) is 22.3. The van der Waals surface area contributed by atoms with Gasteiger partial charge < -0.3 is 20.1 Å². The van der Waals surface area contributed by atoms with Gasteiger partial charge in [0.25, 0.3) is 10.0 Å². The SMILES string of the molecule is CC(C)(CCn1cnc(-c2cccc(CC(=O)O)c2)c1)NCC(O)c1cccc(NS(=O)(=O)c2ccccc2)c1. The lowest BCUT2D eigenvalue weighted by Crippen LogP contribution is -2.42. The number of nitrogens with one attached hydrogen (secondary N) is 2. The maximum absolute atomic E-state index is 12.7. The summed E-state index contributed by atoms with van der Waals surface area (Å²) in [7, 11) is -3.73. The number of imidazole rings is 1. The number of carboxylic acids is 1. The number of sulfonamides is 1. The number of aliphatic carboxylic acids is 1. The Labute approximate surface area is 234 Å². The number of aryl methyl sites for hydroxylation is 1. The van der Waals surface area contributed by atoms with E-state index in [1.807, 2.05) is 29.0 Å². The van der Waals surface area contributed by atoms with Gasteiger partial charge in [0, 0.05) is 36.1 Å². The Morgan fingerprint density at radius 3 is 2.52 bits per heavy atom. The lowest BCUT2D eigenvalue weighted by Gasteiger charge is -2.28. The Bertz CT molecular complexity index is 1550. The van der Waals surface area contributed by atoms with Crippen LogP contribution in [0.2, 0.25) is 0 Å². The molecule has 4 aromatic rings.